The second kappa shape index (κ2) is 8.65. The lowest BCUT2D eigenvalue weighted by Crippen LogP contribution is -2.25. The summed E-state index contributed by atoms with van der Waals surface area (Å²) in [6.45, 7) is 16.6. The number of rotatable bonds is 7. The van der Waals surface area contributed by atoms with Crippen LogP contribution in [0.2, 0.25) is 0 Å². The molecular weight excluding hydrogens is 361 g/mol. The third kappa shape index (κ3) is 5.57. The molecule has 0 aliphatic rings. The number of phenolic OH excluding ortho intramolecular Hbond substituents is 1. The Balaban J connectivity index is 3.81. The molecule has 0 heterocycles. The van der Waals surface area contributed by atoms with E-state index in [1.807, 2.05) is 45.0 Å². The van der Waals surface area contributed by atoms with Gasteiger partial charge in [0.05, 0.1) is 13.2 Å². The molecule has 1 aromatic carbocycles. The van der Waals surface area contributed by atoms with E-state index in [1.54, 1.807) is 0 Å². The normalized spacial score (nSPS) is 14.6. The average molecular weight is 400 g/mol. The van der Waals surface area contributed by atoms with Gasteiger partial charge in [0.1, 0.15) is 11.5 Å². The summed E-state index contributed by atoms with van der Waals surface area (Å²) < 4.78 is 24.9. The van der Waals surface area contributed by atoms with Gasteiger partial charge < -0.3 is 14.2 Å². The molecule has 1 N–H and O–H groups in total. The van der Waals surface area contributed by atoms with Gasteiger partial charge >= 0.3 is 7.60 Å². The Labute approximate surface area is 165 Å². The van der Waals surface area contributed by atoms with Crippen molar-refractivity contribution in [1.29, 1.82) is 0 Å². The Kier molecular flexibility index (Phi) is 7.74. The van der Waals surface area contributed by atoms with Crippen LogP contribution in [0.1, 0.15) is 77.9 Å². The van der Waals surface area contributed by atoms with Gasteiger partial charge in [0.15, 0.2) is 0 Å². The van der Waals surface area contributed by atoms with Crippen LogP contribution in [0.5, 0.6) is 5.75 Å². The Hall–Kier alpha value is -0.870. The van der Waals surface area contributed by atoms with Crippen LogP contribution in [0.25, 0.3) is 0 Å². The Morgan fingerprint density at radius 1 is 0.963 bits per heavy atom. The third-order valence-electron chi connectivity index (χ3n) is 4.45. The van der Waals surface area contributed by atoms with Crippen LogP contribution in [-0.2, 0) is 24.4 Å². The molecule has 0 bridgehead atoms. The van der Waals surface area contributed by atoms with Crippen molar-refractivity contribution in [3.63, 3.8) is 0 Å². The number of benzene rings is 1. The van der Waals surface area contributed by atoms with Gasteiger partial charge in [-0.05, 0) is 67.6 Å². The Bertz CT molecular complexity index is 641. The predicted molar refractivity (Wildman–Crippen MR) is 113 cm³/mol. The highest BCUT2D eigenvalue weighted by atomic mass is 31.2. The van der Waals surface area contributed by atoms with Gasteiger partial charge in [-0.15, -0.1) is 0 Å². The fraction of sp³-hybridized carbons (Fsp3) is 0.714. The van der Waals surface area contributed by atoms with Crippen molar-refractivity contribution in [2.24, 2.45) is 0 Å². The standard InChI is InChI=1S/C21H38NO4P/c1-11-25-27(24,26-12-2)19(22(9)10)15-13-16(20(3,4)5)18(23)17(14-15)21(6,7)8/h13-14,19,23H,11-12H2,1-10H3/t19-/m1/s1. The fourth-order valence-corrected chi connectivity index (χ4v) is 5.41. The van der Waals surface area contributed by atoms with E-state index in [2.05, 4.69) is 41.5 Å². The zero-order chi connectivity index (χ0) is 21.2. The van der Waals surface area contributed by atoms with Gasteiger partial charge in [-0.3, -0.25) is 9.46 Å². The zero-order valence-corrected chi connectivity index (χ0v) is 19.6. The SMILES string of the molecule is CCOP(=O)(OCC)[C@H](c1cc(C(C)(C)C)c(O)c(C(C)(C)C)c1)N(C)C. The number of hydrogen-bond donors (Lipinski definition) is 1. The average Bonchev–Trinajstić information content (AvgIpc) is 2.46. The molecule has 0 unspecified atom stereocenters. The second-order valence-electron chi connectivity index (χ2n) is 9.18. The molecule has 0 aromatic heterocycles. The molecule has 27 heavy (non-hydrogen) atoms. The minimum absolute atomic E-state index is 0.266. The highest BCUT2D eigenvalue weighted by Crippen LogP contribution is 2.62. The van der Waals surface area contributed by atoms with Gasteiger partial charge in [-0.25, -0.2) is 0 Å². The first-order valence-corrected chi connectivity index (χ1v) is 11.2. The lowest BCUT2D eigenvalue weighted by Gasteiger charge is -2.34. The van der Waals surface area contributed by atoms with E-state index in [4.69, 9.17) is 9.05 Å². The van der Waals surface area contributed by atoms with Gasteiger partial charge in [0.2, 0.25) is 0 Å². The minimum atomic E-state index is -3.42. The number of nitrogens with zero attached hydrogens (tertiary/aromatic N) is 1. The van der Waals surface area contributed by atoms with Crippen molar-refractivity contribution < 1.29 is 18.7 Å². The molecule has 1 atom stereocenters. The van der Waals surface area contributed by atoms with E-state index in [9.17, 15) is 9.67 Å². The van der Waals surface area contributed by atoms with Crippen LogP contribution in [0.4, 0.5) is 0 Å². The van der Waals surface area contributed by atoms with Crippen LogP contribution >= 0.6 is 7.60 Å². The summed E-state index contributed by atoms with van der Waals surface area (Å²) >= 11 is 0. The largest absolute Gasteiger partial charge is 0.507 e. The molecule has 0 saturated heterocycles. The van der Waals surface area contributed by atoms with Crippen molar-refractivity contribution in [3.8, 4) is 5.75 Å². The first-order valence-electron chi connectivity index (χ1n) is 9.62. The highest BCUT2D eigenvalue weighted by molar-refractivity contribution is 7.54. The summed E-state index contributed by atoms with van der Waals surface area (Å²) in [6, 6.07) is 3.89. The summed E-state index contributed by atoms with van der Waals surface area (Å²) in [5.41, 5.74) is 1.96. The first-order chi connectivity index (χ1) is 12.2. The molecule has 0 aliphatic heterocycles. The van der Waals surface area contributed by atoms with Gasteiger partial charge in [0.25, 0.3) is 0 Å². The van der Waals surface area contributed by atoms with Gasteiger partial charge in [-0.2, -0.15) is 0 Å². The minimum Gasteiger partial charge on any atom is -0.507 e. The number of phenols is 1. The summed E-state index contributed by atoms with van der Waals surface area (Å²) in [6.07, 6.45) is 0. The van der Waals surface area contributed by atoms with E-state index in [1.165, 1.54) is 0 Å². The van der Waals surface area contributed by atoms with Crippen molar-refractivity contribution in [2.75, 3.05) is 27.3 Å². The molecule has 5 nitrogen and oxygen atoms in total. The molecule has 0 saturated carbocycles. The van der Waals surface area contributed by atoms with Crippen molar-refractivity contribution >= 4 is 7.60 Å². The van der Waals surface area contributed by atoms with Gasteiger partial charge in [0, 0.05) is 0 Å². The molecule has 0 spiro atoms. The van der Waals surface area contributed by atoms with Crippen LogP contribution in [0.3, 0.4) is 0 Å². The van der Waals surface area contributed by atoms with E-state index in [0.29, 0.717) is 19.0 Å². The third-order valence-corrected chi connectivity index (χ3v) is 7.05. The number of aromatic hydroxyl groups is 1. The molecular formula is C21H38NO4P. The maximum Gasteiger partial charge on any atom is 0.352 e. The van der Waals surface area contributed by atoms with Crippen LogP contribution in [-0.4, -0.2) is 37.3 Å². The van der Waals surface area contributed by atoms with Crippen LogP contribution in [0.15, 0.2) is 12.1 Å². The summed E-state index contributed by atoms with van der Waals surface area (Å²) in [7, 11) is 0.319. The molecule has 0 aliphatic carbocycles. The van der Waals surface area contributed by atoms with E-state index in [-0.39, 0.29) is 10.8 Å². The molecule has 0 fully saturated rings. The molecule has 0 radical (unpaired) electrons. The van der Waals surface area contributed by atoms with E-state index < -0.39 is 13.4 Å². The number of hydrogen-bond acceptors (Lipinski definition) is 5. The van der Waals surface area contributed by atoms with Crippen molar-refractivity contribution in [3.05, 3.63) is 28.8 Å². The highest BCUT2D eigenvalue weighted by Gasteiger charge is 2.40. The summed E-state index contributed by atoms with van der Waals surface area (Å²) in [5.74, 6) is -0.251. The quantitative estimate of drug-likeness (QED) is 0.586. The zero-order valence-electron chi connectivity index (χ0n) is 18.7. The Morgan fingerprint density at radius 3 is 1.59 bits per heavy atom. The predicted octanol–water partition coefficient (Wildman–Crippen LogP) is 5.81. The monoisotopic (exact) mass is 399 g/mol. The van der Waals surface area contributed by atoms with E-state index in [0.717, 1.165) is 16.7 Å². The summed E-state index contributed by atoms with van der Waals surface area (Å²) in [5, 5.41) is 11.0. The van der Waals surface area contributed by atoms with Crippen molar-refractivity contribution in [2.45, 2.75) is 72.0 Å². The Morgan fingerprint density at radius 2 is 1.33 bits per heavy atom. The topological polar surface area (TPSA) is 59.0 Å². The van der Waals surface area contributed by atoms with Gasteiger partial charge in [-0.1, -0.05) is 41.5 Å². The lowest BCUT2D eigenvalue weighted by molar-refractivity contribution is 0.187. The van der Waals surface area contributed by atoms with Crippen LogP contribution < -0.4 is 0 Å². The van der Waals surface area contributed by atoms with E-state index >= 15 is 0 Å². The molecule has 0 amide bonds. The van der Waals surface area contributed by atoms with Crippen LogP contribution in [0, 0.1) is 0 Å². The fourth-order valence-electron chi connectivity index (χ4n) is 3.25. The maximum atomic E-state index is 13.6. The molecule has 6 heteroatoms. The summed E-state index contributed by atoms with van der Waals surface area (Å²) in [4.78, 5) is 1.87. The molecule has 156 valence electrons. The first kappa shape index (κ1) is 24.2. The second-order valence-corrected chi connectivity index (χ2v) is 11.3. The maximum absolute atomic E-state index is 13.6. The smallest absolute Gasteiger partial charge is 0.352 e. The molecule has 1 rings (SSSR count). The van der Waals surface area contributed by atoms with Crippen molar-refractivity contribution in [1.82, 2.24) is 4.90 Å². The lowest BCUT2D eigenvalue weighted by atomic mass is 9.78. The molecule has 1 aromatic rings.